The van der Waals surface area contributed by atoms with Crippen LogP contribution < -0.4 is 0 Å². The van der Waals surface area contributed by atoms with E-state index in [9.17, 15) is 13.2 Å². The van der Waals surface area contributed by atoms with Crippen LogP contribution in [0.2, 0.25) is 0 Å². The van der Waals surface area contributed by atoms with E-state index in [1.165, 1.54) is 7.41 Å². The Balaban J connectivity index is 2.04. The number of piperidine rings is 1. The quantitative estimate of drug-likeness (QED) is 0.460. The SMILES string of the molecule is Cc1ccc(S(=O)(=O)OC2CCCN([B]C=O)C2)cc1. The van der Waals surface area contributed by atoms with Crippen LogP contribution in [0.25, 0.3) is 0 Å². The topological polar surface area (TPSA) is 63.7 Å². The minimum absolute atomic E-state index is 0.166. The maximum atomic E-state index is 12.2. The molecule has 2 rings (SSSR count). The van der Waals surface area contributed by atoms with E-state index in [1.807, 2.05) is 6.92 Å². The third-order valence-electron chi connectivity index (χ3n) is 3.25. The third-order valence-corrected chi connectivity index (χ3v) is 4.63. The second kappa shape index (κ2) is 6.52. The molecule has 0 aromatic heterocycles. The Kier molecular flexibility index (Phi) is 4.96. The van der Waals surface area contributed by atoms with Crippen molar-refractivity contribution in [3.63, 3.8) is 0 Å². The second-order valence-corrected chi connectivity index (χ2v) is 6.48. The lowest BCUT2D eigenvalue weighted by Crippen LogP contribution is -2.42. The maximum absolute atomic E-state index is 12.2. The van der Waals surface area contributed by atoms with E-state index < -0.39 is 16.2 Å². The van der Waals surface area contributed by atoms with Gasteiger partial charge in [0, 0.05) is 6.54 Å². The molecule has 0 spiro atoms. The molecule has 0 bridgehead atoms. The van der Waals surface area contributed by atoms with Crippen molar-refractivity contribution in [2.75, 3.05) is 13.1 Å². The number of aryl methyl sites for hydroxylation is 1. The summed E-state index contributed by atoms with van der Waals surface area (Å²) in [5, 5.41) is 0. The number of rotatable bonds is 5. The van der Waals surface area contributed by atoms with Crippen molar-refractivity contribution >= 4 is 23.7 Å². The van der Waals surface area contributed by atoms with Gasteiger partial charge < -0.3 is 9.61 Å². The van der Waals surface area contributed by atoms with Crippen molar-refractivity contribution in [1.82, 2.24) is 4.81 Å². The lowest BCUT2D eigenvalue weighted by atomic mass is 9.90. The summed E-state index contributed by atoms with van der Waals surface area (Å²) in [5.74, 6) is 0. The molecule has 20 heavy (non-hydrogen) atoms. The van der Waals surface area contributed by atoms with Gasteiger partial charge in [0.25, 0.3) is 17.5 Å². The summed E-state index contributed by atoms with van der Waals surface area (Å²) in [6.07, 6.45) is 1.77. The molecule has 0 amide bonds. The Labute approximate surface area is 120 Å². The molecule has 1 aliphatic heterocycles. The predicted molar refractivity (Wildman–Crippen MR) is 76.5 cm³/mol. The van der Waals surface area contributed by atoms with Crippen LogP contribution >= 0.6 is 0 Å². The fourth-order valence-electron chi connectivity index (χ4n) is 2.21. The van der Waals surface area contributed by atoms with Crippen molar-refractivity contribution in [3.05, 3.63) is 29.8 Å². The molecule has 7 heteroatoms. The van der Waals surface area contributed by atoms with Gasteiger partial charge in [-0.25, -0.2) is 0 Å². The highest BCUT2D eigenvalue weighted by atomic mass is 32.2. The van der Waals surface area contributed by atoms with E-state index in [0.717, 1.165) is 18.5 Å². The highest BCUT2D eigenvalue weighted by Gasteiger charge is 2.26. The summed E-state index contributed by atoms with van der Waals surface area (Å²) in [6.45, 7) is 3.07. The zero-order chi connectivity index (χ0) is 14.6. The van der Waals surface area contributed by atoms with Gasteiger partial charge >= 0.3 is 0 Å². The molecule has 1 fully saturated rings. The highest BCUT2D eigenvalue weighted by Crippen LogP contribution is 2.20. The standard InChI is InChI=1S/C13H17BNO4S/c1-11-4-6-13(7-5-11)20(17,18)19-12-3-2-8-15(9-12)14-10-16/h4-7,10,12H,2-3,8-9H2,1H3. The van der Waals surface area contributed by atoms with Crippen LogP contribution in [0.5, 0.6) is 0 Å². The summed E-state index contributed by atoms with van der Waals surface area (Å²) in [6, 6.07) is 6.57. The van der Waals surface area contributed by atoms with Gasteiger partial charge in [0.15, 0.2) is 0 Å². The third kappa shape index (κ3) is 3.91. The van der Waals surface area contributed by atoms with Crippen molar-refractivity contribution in [1.29, 1.82) is 0 Å². The van der Waals surface area contributed by atoms with Crippen LogP contribution in [-0.2, 0) is 19.1 Å². The summed E-state index contributed by atoms with van der Waals surface area (Å²) in [7, 11) is -2.32. The number of nitrogens with zero attached hydrogens (tertiary/aromatic N) is 1. The smallest absolute Gasteiger partial charge is 0.297 e. The Morgan fingerprint density at radius 3 is 2.70 bits per heavy atom. The van der Waals surface area contributed by atoms with Gasteiger partial charge in [-0.1, -0.05) is 17.7 Å². The number of carbonyl (C=O) groups excluding carboxylic acids is 1. The van der Waals surface area contributed by atoms with Gasteiger partial charge in [0.05, 0.1) is 17.2 Å². The number of hydrogen-bond acceptors (Lipinski definition) is 5. The molecule has 1 atom stereocenters. The van der Waals surface area contributed by atoms with Crippen molar-refractivity contribution < 1.29 is 17.4 Å². The molecule has 0 N–H and O–H groups in total. The average Bonchev–Trinajstić information content (AvgIpc) is 2.39. The van der Waals surface area contributed by atoms with Crippen LogP contribution in [0.1, 0.15) is 18.4 Å². The molecular weight excluding hydrogens is 277 g/mol. The predicted octanol–water partition coefficient (Wildman–Crippen LogP) is 0.974. The van der Waals surface area contributed by atoms with Crippen molar-refractivity contribution in [2.24, 2.45) is 0 Å². The molecule has 1 aliphatic rings. The molecule has 1 aromatic rings. The van der Waals surface area contributed by atoms with Gasteiger partial charge in [-0.2, -0.15) is 8.42 Å². The van der Waals surface area contributed by atoms with E-state index in [-0.39, 0.29) is 4.90 Å². The molecule has 1 aromatic carbocycles. The lowest BCUT2D eigenvalue weighted by molar-refractivity contribution is 0.137. The maximum Gasteiger partial charge on any atom is 0.297 e. The first kappa shape index (κ1) is 15.2. The minimum Gasteiger partial charge on any atom is -0.338 e. The Hall–Kier alpha value is -1.18. The molecule has 107 valence electrons. The second-order valence-electron chi connectivity index (χ2n) is 4.91. The van der Waals surface area contributed by atoms with Gasteiger partial charge in [0.2, 0.25) is 0 Å². The molecule has 0 saturated carbocycles. The molecule has 5 nitrogen and oxygen atoms in total. The van der Waals surface area contributed by atoms with Crippen LogP contribution in [0, 0.1) is 6.92 Å². The summed E-state index contributed by atoms with van der Waals surface area (Å²) in [4.78, 5) is 12.4. The summed E-state index contributed by atoms with van der Waals surface area (Å²) < 4.78 is 29.6. The first-order valence-corrected chi connectivity index (χ1v) is 7.95. The molecule has 0 aliphatic carbocycles. The molecule has 1 saturated heterocycles. The zero-order valence-corrected chi connectivity index (χ0v) is 12.2. The van der Waals surface area contributed by atoms with E-state index in [4.69, 9.17) is 4.18 Å². The first-order chi connectivity index (χ1) is 9.51. The molecule has 1 unspecified atom stereocenters. The minimum atomic E-state index is -3.74. The number of carbonyl (C=O) groups is 1. The fraction of sp³-hybridized carbons (Fsp3) is 0.462. The Morgan fingerprint density at radius 1 is 1.35 bits per heavy atom. The highest BCUT2D eigenvalue weighted by molar-refractivity contribution is 7.86. The van der Waals surface area contributed by atoms with E-state index >= 15 is 0 Å². The first-order valence-electron chi connectivity index (χ1n) is 6.54. The van der Waals surface area contributed by atoms with Crippen molar-refractivity contribution in [2.45, 2.75) is 30.8 Å². The van der Waals surface area contributed by atoms with Crippen LogP contribution in [0.4, 0.5) is 0 Å². The van der Waals surface area contributed by atoms with Crippen molar-refractivity contribution in [3.8, 4) is 0 Å². The van der Waals surface area contributed by atoms with Crippen LogP contribution in [0.15, 0.2) is 29.2 Å². The van der Waals surface area contributed by atoms with Gasteiger partial charge in [0.1, 0.15) is 0 Å². The number of benzene rings is 1. The van der Waals surface area contributed by atoms with Gasteiger partial charge in [-0.3, -0.25) is 4.18 Å². The monoisotopic (exact) mass is 294 g/mol. The summed E-state index contributed by atoms with van der Waals surface area (Å²) in [5.41, 5.74) is 0.994. The van der Waals surface area contributed by atoms with Gasteiger partial charge in [-0.15, -0.1) is 0 Å². The van der Waals surface area contributed by atoms with E-state index in [2.05, 4.69) is 0 Å². The Bertz CT molecular complexity index is 558. The van der Waals surface area contributed by atoms with Crippen LogP contribution in [0.3, 0.4) is 0 Å². The molecular formula is C13H17BNO4S. The van der Waals surface area contributed by atoms with E-state index in [1.54, 1.807) is 29.1 Å². The molecule has 1 radical (unpaired) electrons. The summed E-state index contributed by atoms with van der Waals surface area (Å²) >= 11 is 0. The van der Waals surface area contributed by atoms with Gasteiger partial charge in [-0.05, 0) is 38.4 Å². The normalized spacial score (nSPS) is 20.6. The van der Waals surface area contributed by atoms with E-state index in [0.29, 0.717) is 19.2 Å². The molecule has 1 heterocycles. The average molecular weight is 294 g/mol. The van der Waals surface area contributed by atoms with Crippen LogP contribution in [-0.4, -0.2) is 46.0 Å². The largest absolute Gasteiger partial charge is 0.338 e. The number of hydrogen-bond donors (Lipinski definition) is 0. The fourth-order valence-corrected chi connectivity index (χ4v) is 3.30. The Morgan fingerprint density at radius 2 is 2.05 bits per heavy atom. The zero-order valence-electron chi connectivity index (χ0n) is 11.4. The lowest BCUT2D eigenvalue weighted by Gasteiger charge is -2.30.